The molecule has 0 aromatic carbocycles. The van der Waals surface area contributed by atoms with Crippen molar-refractivity contribution in [1.29, 1.82) is 0 Å². The number of hydrogen-bond acceptors (Lipinski definition) is 1. The van der Waals surface area contributed by atoms with Crippen LogP contribution in [0.5, 0.6) is 0 Å². The third-order valence-electron chi connectivity index (χ3n) is 0.295. The van der Waals surface area contributed by atoms with Crippen molar-refractivity contribution in [2.45, 2.75) is 20.7 Å². The van der Waals surface area contributed by atoms with Crippen LogP contribution < -0.4 is 0 Å². The van der Waals surface area contributed by atoms with Crippen molar-refractivity contribution in [3.63, 3.8) is 0 Å². The van der Waals surface area contributed by atoms with Crippen molar-refractivity contribution in [3.8, 4) is 0 Å². The van der Waals surface area contributed by atoms with E-state index in [0.29, 0.717) is 6.29 Å². The number of carbonyl (C=O) groups excluding carboxylic acids is 1. The van der Waals surface area contributed by atoms with Gasteiger partial charge >= 0.3 is 0 Å². The third kappa shape index (κ3) is 3.67. The van der Waals surface area contributed by atoms with Gasteiger partial charge in [0.1, 0.15) is 6.29 Å². The molecule has 0 N–H and O–H groups in total. The number of aldehydes is 1. The van der Waals surface area contributed by atoms with Crippen LogP contribution in [0.15, 0.2) is 0 Å². The number of carbonyl (C=O) groups is 1. The van der Waals surface area contributed by atoms with E-state index in [-0.39, 0.29) is 0 Å². The first kappa shape index (κ1) is 2.10. The molecule has 0 saturated carbocycles. The lowest BCUT2D eigenvalue weighted by Crippen LogP contribution is -2.04. The Kier molecular flexibility index (Phi) is 0.495. The summed E-state index contributed by atoms with van der Waals surface area (Å²) in [6.07, 6.45) is 0.458. The average molecular weight is 89.2 g/mol. The van der Waals surface area contributed by atoms with Gasteiger partial charge in [-0.25, -0.2) is 0 Å². The van der Waals surface area contributed by atoms with E-state index >= 15 is 0 Å². The Balaban J connectivity index is 4.32. The Morgan fingerprint density at radius 2 is 2.33 bits per heavy atom. The smallest absolute Gasteiger partial charge is 0.125 e. The highest BCUT2D eigenvalue weighted by Crippen LogP contribution is 2.05. The summed E-state index contributed by atoms with van der Waals surface area (Å²) in [7, 11) is 0. The van der Waals surface area contributed by atoms with Crippen LogP contribution in [0.25, 0.3) is 0 Å². The van der Waals surface area contributed by atoms with Crippen molar-refractivity contribution in [3.05, 3.63) is 0 Å². The lowest BCUT2D eigenvalue weighted by molar-refractivity contribution is -0.113. The van der Waals surface area contributed by atoms with E-state index in [1.54, 1.807) is 0 Å². The maximum atomic E-state index is 10.1. The minimum atomic E-state index is -2.17. The topological polar surface area (TPSA) is 17.1 Å². The Morgan fingerprint density at radius 1 is 1.83 bits per heavy atom. The van der Waals surface area contributed by atoms with Crippen LogP contribution in [0.4, 0.5) is 0 Å². The highest BCUT2D eigenvalue weighted by molar-refractivity contribution is 5.56. The van der Waals surface area contributed by atoms with Crippen LogP contribution in [0, 0.1) is 5.41 Å². The van der Waals surface area contributed by atoms with Gasteiger partial charge in [0.15, 0.2) is 0 Å². The second-order valence-electron chi connectivity index (χ2n) is 1.84. The monoisotopic (exact) mass is 89.1 g/mol. The molecular formula is C5H10O. The summed E-state index contributed by atoms with van der Waals surface area (Å²) in [6.45, 7) is 0.620. The van der Waals surface area contributed by atoms with Gasteiger partial charge < -0.3 is 4.79 Å². The van der Waals surface area contributed by atoms with Gasteiger partial charge in [0.05, 0.1) is 0 Å². The van der Waals surface area contributed by atoms with E-state index < -0.39 is 12.3 Å². The molecule has 0 heterocycles. The van der Waals surface area contributed by atoms with Crippen LogP contribution in [0.2, 0.25) is 0 Å². The lowest BCUT2D eigenvalue weighted by atomic mass is 10.0. The molecule has 0 aliphatic carbocycles. The Hall–Kier alpha value is -0.330. The zero-order valence-electron chi connectivity index (χ0n) is 6.99. The molecule has 0 bridgehead atoms. The molecule has 1 heteroatoms. The van der Waals surface area contributed by atoms with Gasteiger partial charge in [-0.3, -0.25) is 0 Å². The average Bonchev–Trinajstić information content (AvgIpc) is 1.64. The van der Waals surface area contributed by atoms with E-state index in [2.05, 4.69) is 0 Å². The normalized spacial score (nSPS) is 20.7. The van der Waals surface area contributed by atoms with Gasteiger partial charge in [0, 0.05) is 9.53 Å². The lowest BCUT2D eigenvalue weighted by Gasteiger charge is -2.03. The van der Waals surface area contributed by atoms with Gasteiger partial charge in [-0.05, 0) is 0 Å². The van der Waals surface area contributed by atoms with Crippen molar-refractivity contribution in [2.24, 2.45) is 5.41 Å². The molecule has 0 amide bonds. The van der Waals surface area contributed by atoms with Crippen molar-refractivity contribution in [2.75, 3.05) is 0 Å². The first-order chi connectivity index (χ1) is 3.81. The van der Waals surface area contributed by atoms with Crippen molar-refractivity contribution in [1.82, 2.24) is 0 Å². The maximum Gasteiger partial charge on any atom is 0.125 e. The zero-order chi connectivity index (χ0) is 7.71. The second-order valence-corrected chi connectivity index (χ2v) is 1.84. The number of rotatable bonds is 0. The predicted molar refractivity (Wildman–Crippen MR) is 25.5 cm³/mol. The summed E-state index contributed by atoms with van der Waals surface area (Å²) in [5.74, 6) is 0. The van der Waals surface area contributed by atoms with E-state index in [1.807, 2.05) is 0 Å². The fraction of sp³-hybridized carbons (Fsp3) is 0.800. The van der Waals surface area contributed by atoms with Crippen LogP contribution in [-0.2, 0) is 4.79 Å². The van der Waals surface area contributed by atoms with E-state index in [9.17, 15) is 4.79 Å². The molecule has 0 spiro atoms. The summed E-state index contributed by atoms with van der Waals surface area (Å²) in [5, 5.41) is 0. The third-order valence-corrected chi connectivity index (χ3v) is 0.295. The Morgan fingerprint density at radius 3 is 2.33 bits per heavy atom. The first-order valence-electron chi connectivity index (χ1n) is 3.27. The highest BCUT2D eigenvalue weighted by Gasteiger charge is 2.04. The van der Waals surface area contributed by atoms with Gasteiger partial charge in [-0.15, -0.1) is 0 Å². The minimum absolute atomic E-state index is 0.458. The molecule has 6 heavy (non-hydrogen) atoms. The van der Waals surface area contributed by atoms with E-state index in [0.717, 1.165) is 0 Å². The molecule has 0 saturated heterocycles. The summed E-state index contributed by atoms with van der Waals surface area (Å²) in [5.41, 5.74) is -1.20. The maximum absolute atomic E-state index is 10.1. The van der Waals surface area contributed by atoms with Crippen LogP contribution >= 0.6 is 0 Å². The summed E-state index contributed by atoms with van der Waals surface area (Å²) in [4.78, 5) is 10.1. The Bertz CT molecular complexity index is 114. The van der Waals surface area contributed by atoms with E-state index in [1.165, 1.54) is 13.8 Å². The fourth-order valence-corrected chi connectivity index (χ4v) is 0. The van der Waals surface area contributed by atoms with Gasteiger partial charge in [0.2, 0.25) is 0 Å². The largest absolute Gasteiger partial charge is 0.303 e. The molecular weight excluding hydrogens is 76.1 g/mol. The first-order valence-corrected chi connectivity index (χ1v) is 1.77. The standard InChI is InChI=1S/C5H10O/c1-5(2,3)4-6/h4H,1-3H3/i1D3. The molecule has 0 unspecified atom stereocenters. The SMILES string of the molecule is [2H]C([2H])([2H])C(C)(C)C=O. The molecule has 36 valence electrons. The molecule has 0 aromatic rings. The predicted octanol–water partition coefficient (Wildman–Crippen LogP) is 1.23. The van der Waals surface area contributed by atoms with Gasteiger partial charge in [-0.1, -0.05) is 20.7 Å². The molecule has 0 radical (unpaired) electrons. The summed E-state index contributed by atoms with van der Waals surface area (Å²) >= 11 is 0. The zero-order valence-corrected chi connectivity index (χ0v) is 3.99. The Labute approximate surface area is 42.6 Å². The molecule has 0 aliphatic rings. The summed E-state index contributed by atoms with van der Waals surface area (Å²) in [6, 6.07) is 0. The van der Waals surface area contributed by atoms with Crippen molar-refractivity contribution < 1.29 is 8.91 Å². The van der Waals surface area contributed by atoms with E-state index in [4.69, 9.17) is 4.11 Å². The molecule has 0 aliphatic heterocycles. The second kappa shape index (κ2) is 1.41. The number of hydrogen-bond donors (Lipinski definition) is 0. The molecule has 0 atom stereocenters. The van der Waals surface area contributed by atoms with Gasteiger partial charge in [0.25, 0.3) is 0 Å². The highest BCUT2D eigenvalue weighted by atomic mass is 16.1. The molecule has 0 aromatic heterocycles. The molecule has 1 nitrogen and oxygen atoms in total. The van der Waals surface area contributed by atoms with Crippen LogP contribution in [0.3, 0.4) is 0 Å². The summed E-state index contributed by atoms with van der Waals surface area (Å²) < 4.78 is 20.5. The van der Waals surface area contributed by atoms with Gasteiger partial charge in [-0.2, -0.15) is 0 Å². The van der Waals surface area contributed by atoms with Crippen LogP contribution in [-0.4, -0.2) is 6.29 Å². The quantitative estimate of drug-likeness (QED) is 0.408. The molecule has 0 rings (SSSR count). The minimum Gasteiger partial charge on any atom is -0.303 e. The van der Waals surface area contributed by atoms with Crippen LogP contribution in [0.1, 0.15) is 24.8 Å². The fourth-order valence-electron chi connectivity index (χ4n) is 0. The van der Waals surface area contributed by atoms with Crippen molar-refractivity contribution >= 4 is 6.29 Å². The molecule has 0 fully saturated rings.